The first-order chi connectivity index (χ1) is 21.4. The minimum Gasteiger partial charge on any atom is -0.457 e. The van der Waals surface area contributed by atoms with E-state index in [0.29, 0.717) is 6.61 Å². The maximum Gasteiger partial charge on any atom is 0.472 e. The Balaban J connectivity index is 3.45. The third kappa shape index (κ3) is 32.9. The molecule has 2 unspecified atom stereocenters. The molecule has 0 aromatic rings. The van der Waals surface area contributed by atoms with Crippen LogP contribution in [-0.4, -0.2) is 49.9 Å². The van der Waals surface area contributed by atoms with Gasteiger partial charge in [0.2, 0.25) is 0 Å². The molecule has 9 heteroatoms. The third-order valence-corrected chi connectivity index (χ3v) is 9.06. The molecule has 0 aromatic heterocycles. The van der Waals surface area contributed by atoms with E-state index in [4.69, 9.17) is 24.3 Å². The first-order valence-electron chi connectivity index (χ1n) is 18.5. The van der Waals surface area contributed by atoms with Gasteiger partial charge in [0, 0.05) is 19.6 Å². The lowest BCUT2D eigenvalue weighted by molar-refractivity contribution is -0.154. The second kappa shape index (κ2) is 33.9. The number of hydrogen-bond acceptors (Lipinski definition) is 7. The average Bonchev–Trinajstić information content (AvgIpc) is 3.02. The first kappa shape index (κ1) is 43.5. The van der Waals surface area contributed by atoms with Gasteiger partial charge in [0.1, 0.15) is 6.10 Å². The average molecular weight is 650 g/mol. The molecule has 0 saturated carbocycles. The van der Waals surface area contributed by atoms with E-state index in [9.17, 15) is 14.3 Å². The number of ether oxygens (including phenoxy) is 2. The van der Waals surface area contributed by atoms with Gasteiger partial charge in [-0.25, -0.2) is 4.57 Å². The van der Waals surface area contributed by atoms with Gasteiger partial charge in [-0.1, -0.05) is 168 Å². The minimum atomic E-state index is -4.23. The lowest BCUT2D eigenvalue weighted by Crippen LogP contribution is -2.28. The Kier molecular flexibility index (Phi) is 33.5. The molecule has 3 N–H and O–H groups in total. The zero-order valence-corrected chi connectivity index (χ0v) is 29.8. The van der Waals surface area contributed by atoms with Crippen molar-refractivity contribution < 1.29 is 32.8 Å². The van der Waals surface area contributed by atoms with Crippen molar-refractivity contribution in [2.75, 3.05) is 33.0 Å². The van der Waals surface area contributed by atoms with Crippen LogP contribution in [0.2, 0.25) is 0 Å². The largest absolute Gasteiger partial charge is 0.472 e. The van der Waals surface area contributed by atoms with Crippen molar-refractivity contribution in [2.24, 2.45) is 5.73 Å². The van der Waals surface area contributed by atoms with E-state index in [-0.39, 0.29) is 32.8 Å². The Hall–Kier alpha value is -0.500. The summed E-state index contributed by atoms with van der Waals surface area (Å²) in [6.45, 7) is 4.38. The van der Waals surface area contributed by atoms with Crippen LogP contribution in [0.3, 0.4) is 0 Å². The van der Waals surface area contributed by atoms with Gasteiger partial charge in [-0.15, -0.1) is 0 Å². The van der Waals surface area contributed by atoms with Gasteiger partial charge < -0.3 is 20.1 Å². The quantitative estimate of drug-likeness (QED) is 0.0391. The summed E-state index contributed by atoms with van der Waals surface area (Å²) in [6.07, 6.45) is 33.7. The molecule has 0 aliphatic heterocycles. The Morgan fingerprint density at radius 2 is 0.977 bits per heavy atom. The Labute approximate surface area is 271 Å². The number of rotatable bonds is 36. The fourth-order valence-electron chi connectivity index (χ4n) is 5.33. The molecule has 44 heavy (non-hydrogen) atoms. The highest BCUT2D eigenvalue weighted by Crippen LogP contribution is 2.43. The number of carbonyl (C=O) groups is 1. The van der Waals surface area contributed by atoms with Crippen molar-refractivity contribution in [3.05, 3.63) is 0 Å². The molecule has 2 atom stereocenters. The molecule has 0 fully saturated rings. The van der Waals surface area contributed by atoms with Gasteiger partial charge in [0.15, 0.2) is 0 Å². The van der Waals surface area contributed by atoms with Crippen LogP contribution in [0.5, 0.6) is 0 Å². The Bertz CT molecular complexity index is 653. The maximum atomic E-state index is 11.8. The van der Waals surface area contributed by atoms with E-state index in [2.05, 4.69) is 6.92 Å². The standard InChI is InChI=1S/C35H72NO7P/c1-3-5-6-7-8-9-10-11-12-13-14-15-16-17-18-19-20-21-22-23-24-25-26-27-28-30-40-32-34(43-35(37)4-2)33-42-44(38,39)41-31-29-36/h34H,3-33,36H2,1-2H3,(H,38,39). The topological polar surface area (TPSA) is 117 Å². The predicted octanol–water partition coefficient (Wildman–Crippen LogP) is 10.2. The molecule has 0 bridgehead atoms. The molecule has 0 aromatic carbocycles. The van der Waals surface area contributed by atoms with E-state index in [0.717, 1.165) is 12.8 Å². The number of unbranched alkanes of at least 4 members (excludes halogenated alkanes) is 24. The van der Waals surface area contributed by atoms with E-state index in [1.54, 1.807) is 6.92 Å². The van der Waals surface area contributed by atoms with E-state index >= 15 is 0 Å². The number of esters is 1. The predicted molar refractivity (Wildman–Crippen MR) is 183 cm³/mol. The number of nitrogens with two attached hydrogens (primary N) is 1. The smallest absolute Gasteiger partial charge is 0.457 e. The summed E-state index contributed by atoms with van der Waals surface area (Å²) in [5.74, 6) is -0.414. The van der Waals surface area contributed by atoms with Crippen molar-refractivity contribution in [1.82, 2.24) is 0 Å². The van der Waals surface area contributed by atoms with Crippen LogP contribution >= 0.6 is 7.82 Å². The Morgan fingerprint density at radius 1 is 0.591 bits per heavy atom. The summed E-state index contributed by atoms with van der Waals surface area (Å²) in [7, 11) is -4.23. The monoisotopic (exact) mass is 650 g/mol. The zero-order valence-electron chi connectivity index (χ0n) is 28.9. The summed E-state index contributed by atoms with van der Waals surface area (Å²) >= 11 is 0. The first-order valence-corrected chi connectivity index (χ1v) is 20.0. The zero-order chi connectivity index (χ0) is 32.4. The fourth-order valence-corrected chi connectivity index (χ4v) is 6.09. The van der Waals surface area contributed by atoms with Gasteiger partial charge in [-0.05, 0) is 6.42 Å². The number of carbonyl (C=O) groups excluding carboxylic acids is 1. The molecule has 0 spiro atoms. The second-order valence-corrected chi connectivity index (χ2v) is 13.9. The molecule has 0 aliphatic rings. The minimum absolute atomic E-state index is 0.0940. The molecule has 0 rings (SSSR count). The summed E-state index contributed by atoms with van der Waals surface area (Å²) < 4.78 is 32.3. The van der Waals surface area contributed by atoms with Crippen LogP contribution in [0, 0.1) is 0 Å². The summed E-state index contributed by atoms with van der Waals surface area (Å²) in [5.41, 5.74) is 5.28. The maximum absolute atomic E-state index is 11.8. The molecule has 8 nitrogen and oxygen atoms in total. The van der Waals surface area contributed by atoms with Crippen molar-refractivity contribution in [3.8, 4) is 0 Å². The van der Waals surface area contributed by atoms with Crippen LogP contribution < -0.4 is 5.73 Å². The van der Waals surface area contributed by atoms with Crippen molar-refractivity contribution in [1.29, 1.82) is 0 Å². The van der Waals surface area contributed by atoms with Gasteiger partial charge in [-0.3, -0.25) is 13.8 Å². The van der Waals surface area contributed by atoms with Crippen molar-refractivity contribution >= 4 is 13.8 Å². The highest BCUT2D eigenvalue weighted by atomic mass is 31.2. The van der Waals surface area contributed by atoms with Gasteiger partial charge in [0.05, 0.1) is 19.8 Å². The van der Waals surface area contributed by atoms with Gasteiger partial charge in [0.25, 0.3) is 0 Å². The van der Waals surface area contributed by atoms with Crippen LogP contribution in [0.1, 0.15) is 181 Å². The van der Waals surface area contributed by atoms with Crippen molar-refractivity contribution in [2.45, 2.75) is 187 Å². The molecular formula is C35H72NO7P. The molecule has 0 amide bonds. The number of phosphoric acid groups is 1. The van der Waals surface area contributed by atoms with Crippen LogP contribution in [0.25, 0.3) is 0 Å². The highest BCUT2D eigenvalue weighted by Gasteiger charge is 2.24. The van der Waals surface area contributed by atoms with Crippen molar-refractivity contribution in [3.63, 3.8) is 0 Å². The highest BCUT2D eigenvalue weighted by molar-refractivity contribution is 7.47. The SMILES string of the molecule is CCCCCCCCCCCCCCCCCCCCCCCCCCCOCC(COP(=O)(O)OCCN)OC(=O)CC. The normalized spacial score (nSPS) is 13.6. The lowest BCUT2D eigenvalue weighted by atomic mass is 10.0. The molecule has 264 valence electrons. The second-order valence-electron chi connectivity index (χ2n) is 12.4. The van der Waals surface area contributed by atoms with Gasteiger partial charge in [-0.2, -0.15) is 0 Å². The molecule has 0 heterocycles. The number of hydrogen-bond donors (Lipinski definition) is 2. The summed E-state index contributed by atoms with van der Waals surface area (Å²) in [4.78, 5) is 21.3. The number of phosphoric ester groups is 1. The lowest BCUT2D eigenvalue weighted by Gasteiger charge is -2.19. The molecular weight excluding hydrogens is 577 g/mol. The Morgan fingerprint density at radius 3 is 1.34 bits per heavy atom. The van der Waals surface area contributed by atoms with E-state index in [1.165, 1.54) is 148 Å². The third-order valence-electron chi connectivity index (χ3n) is 8.08. The van der Waals surface area contributed by atoms with Crippen LogP contribution in [0.4, 0.5) is 0 Å². The van der Waals surface area contributed by atoms with Gasteiger partial charge >= 0.3 is 13.8 Å². The van der Waals surface area contributed by atoms with Crippen LogP contribution in [0.15, 0.2) is 0 Å². The fraction of sp³-hybridized carbons (Fsp3) is 0.971. The van der Waals surface area contributed by atoms with E-state index in [1.807, 2.05) is 0 Å². The molecule has 0 aliphatic carbocycles. The summed E-state index contributed by atoms with van der Waals surface area (Å²) in [5, 5.41) is 0. The van der Waals surface area contributed by atoms with E-state index < -0.39 is 19.9 Å². The molecule has 0 saturated heterocycles. The van der Waals surface area contributed by atoms with Crippen LogP contribution in [-0.2, 0) is 27.9 Å². The molecule has 0 radical (unpaired) electrons. The summed E-state index contributed by atoms with van der Waals surface area (Å²) in [6, 6.07) is 0.